The number of halogens is 1. The van der Waals surface area contributed by atoms with E-state index in [0.717, 1.165) is 17.9 Å². The smallest absolute Gasteiger partial charge is 0.0590 e. The molecule has 1 heterocycles. The Morgan fingerprint density at radius 3 is 2.86 bits per heavy atom. The molecule has 1 nitrogen and oxygen atoms in total. The number of nitrogens with one attached hydrogen (secondary N) is 1. The predicted octanol–water partition coefficient (Wildman–Crippen LogP) is 3.94. The van der Waals surface area contributed by atoms with E-state index in [-0.39, 0.29) is 0 Å². The average Bonchev–Trinajstić information content (AvgIpc) is 2.51. The normalized spacial score (nSPS) is 12.8. The predicted molar refractivity (Wildman–Crippen MR) is 65.3 cm³/mol. The minimum Gasteiger partial charge on any atom is -0.312 e. The summed E-state index contributed by atoms with van der Waals surface area (Å²) >= 11 is 7.94. The summed E-state index contributed by atoms with van der Waals surface area (Å²) in [5, 5.41) is 6.31. The molecule has 0 radical (unpaired) electrons. The number of aryl methyl sites for hydroxylation is 1. The van der Waals surface area contributed by atoms with Crippen LogP contribution in [-0.4, -0.2) is 7.05 Å². The van der Waals surface area contributed by atoms with Crippen molar-refractivity contribution in [1.82, 2.24) is 5.32 Å². The Kier molecular flexibility index (Phi) is 4.66. The summed E-state index contributed by atoms with van der Waals surface area (Å²) in [6.07, 6.45) is 4.01. The van der Waals surface area contributed by atoms with Crippen LogP contribution < -0.4 is 5.32 Å². The van der Waals surface area contributed by atoms with Gasteiger partial charge in [0.15, 0.2) is 0 Å². The first-order valence-electron chi connectivity index (χ1n) is 4.72. The van der Waals surface area contributed by atoms with Gasteiger partial charge in [0.05, 0.1) is 5.02 Å². The lowest BCUT2D eigenvalue weighted by Gasteiger charge is -2.14. The third-order valence-electron chi connectivity index (χ3n) is 2.25. The molecule has 3 heteroatoms. The molecular weight excluding hydrogens is 214 g/mol. The second-order valence-corrected chi connectivity index (χ2v) is 4.59. The van der Waals surface area contributed by atoms with E-state index in [1.54, 1.807) is 11.3 Å². The summed E-state index contributed by atoms with van der Waals surface area (Å²) in [5.41, 5.74) is 1.17. The van der Waals surface area contributed by atoms with Gasteiger partial charge in [-0.1, -0.05) is 17.7 Å². The third-order valence-corrected chi connectivity index (χ3v) is 4.08. The lowest BCUT2D eigenvalue weighted by molar-refractivity contribution is 0.563. The molecular formula is C11H16ClNS. The molecule has 14 heavy (non-hydrogen) atoms. The molecule has 0 amide bonds. The average molecular weight is 230 g/mol. The Bertz CT molecular complexity index is 306. The van der Waals surface area contributed by atoms with Gasteiger partial charge in [0, 0.05) is 10.9 Å². The second-order valence-electron chi connectivity index (χ2n) is 3.30. The molecule has 0 aromatic carbocycles. The molecule has 0 aliphatic heterocycles. The van der Waals surface area contributed by atoms with Gasteiger partial charge >= 0.3 is 0 Å². The van der Waals surface area contributed by atoms with Crippen LogP contribution in [0.2, 0.25) is 5.02 Å². The molecule has 0 bridgehead atoms. The first-order valence-corrected chi connectivity index (χ1v) is 5.98. The molecule has 0 aliphatic rings. The molecule has 1 atom stereocenters. The SMILES string of the molecule is C=CCCC(NC)c1scc(C)c1Cl. The maximum atomic E-state index is 6.21. The molecule has 1 aromatic rings. The van der Waals surface area contributed by atoms with Gasteiger partial charge in [-0.3, -0.25) is 0 Å². The number of allylic oxidation sites excluding steroid dienone is 1. The lowest BCUT2D eigenvalue weighted by atomic mass is 10.1. The van der Waals surface area contributed by atoms with Gasteiger partial charge in [0.25, 0.3) is 0 Å². The van der Waals surface area contributed by atoms with Crippen LogP contribution in [0.5, 0.6) is 0 Å². The zero-order valence-corrected chi connectivity index (χ0v) is 10.2. The van der Waals surface area contributed by atoms with Gasteiger partial charge in [0.1, 0.15) is 0 Å². The quantitative estimate of drug-likeness (QED) is 0.755. The third kappa shape index (κ3) is 2.59. The van der Waals surface area contributed by atoms with E-state index >= 15 is 0 Å². The van der Waals surface area contributed by atoms with Gasteiger partial charge in [-0.05, 0) is 37.8 Å². The van der Waals surface area contributed by atoms with Crippen LogP contribution in [-0.2, 0) is 0 Å². The van der Waals surface area contributed by atoms with Gasteiger partial charge in [-0.2, -0.15) is 0 Å². The van der Waals surface area contributed by atoms with Crippen molar-refractivity contribution in [1.29, 1.82) is 0 Å². The monoisotopic (exact) mass is 229 g/mol. The van der Waals surface area contributed by atoms with Crippen LogP contribution >= 0.6 is 22.9 Å². The van der Waals surface area contributed by atoms with Crippen molar-refractivity contribution in [3.63, 3.8) is 0 Å². The van der Waals surface area contributed by atoms with Crippen molar-refractivity contribution in [3.8, 4) is 0 Å². The summed E-state index contributed by atoms with van der Waals surface area (Å²) in [7, 11) is 1.97. The standard InChI is InChI=1S/C11H16ClNS/c1-4-5-6-9(13-3)11-10(12)8(2)7-14-11/h4,7,9,13H,1,5-6H2,2-3H3. The Morgan fingerprint density at radius 1 is 1.71 bits per heavy atom. The molecule has 1 unspecified atom stereocenters. The molecule has 1 N–H and O–H groups in total. The highest BCUT2D eigenvalue weighted by Gasteiger charge is 2.15. The fraction of sp³-hybridized carbons (Fsp3) is 0.455. The van der Waals surface area contributed by atoms with Crippen LogP contribution in [0.1, 0.15) is 29.3 Å². The Morgan fingerprint density at radius 2 is 2.43 bits per heavy atom. The van der Waals surface area contributed by atoms with Gasteiger partial charge in [-0.15, -0.1) is 17.9 Å². The fourth-order valence-electron chi connectivity index (χ4n) is 1.38. The highest BCUT2D eigenvalue weighted by Crippen LogP contribution is 2.34. The van der Waals surface area contributed by atoms with E-state index in [1.165, 1.54) is 10.4 Å². The summed E-state index contributed by atoms with van der Waals surface area (Å²) in [5.74, 6) is 0. The molecule has 0 aliphatic carbocycles. The van der Waals surface area contributed by atoms with Crippen molar-refractivity contribution in [2.24, 2.45) is 0 Å². The fourth-order valence-corrected chi connectivity index (χ4v) is 2.85. The van der Waals surface area contributed by atoms with Crippen molar-refractivity contribution >= 4 is 22.9 Å². The van der Waals surface area contributed by atoms with Crippen LogP contribution in [0.15, 0.2) is 18.0 Å². The minimum atomic E-state index is 0.360. The van der Waals surface area contributed by atoms with Crippen molar-refractivity contribution in [2.75, 3.05) is 7.05 Å². The zero-order chi connectivity index (χ0) is 10.6. The topological polar surface area (TPSA) is 12.0 Å². The van der Waals surface area contributed by atoms with E-state index in [4.69, 9.17) is 11.6 Å². The van der Waals surface area contributed by atoms with Gasteiger partial charge in [-0.25, -0.2) is 0 Å². The minimum absolute atomic E-state index is 0.360. The molecule has 0 saturated heterocycles. The number of hydrogen-bond acceptors (Lipinski definition) is 2. The molecule has 1 aromatic heterocycles. The van der Waals surface area contributed by atoms with E-state index in [0.29, 0.717) is 6.04 Å². The molecule has 1 rings (SSSR count). The number of hydrogen-bond donors (Lipinski definition) is 1. The van der Waals surface area contributed by atoms with E-state index in [1.807, 2.05) is 20.0 Å². The molecule has 0 fully saturated rings. The van der Waals surface area contributed by atoms with Crippen LogP contribution in [0.25, 0.3) is 0 Å². The first-order chi connectivity index (χ1) is 6.70. The highest BCUT2D eigenvalue weighted by molar-refractivity contribution is 7.10. The maximum absolute atomic E-state index is 6.21. The van der Waals surface area contributed by atoms with E-state index < -0.39 is 0 Å². The Balaban J connectivity index is 2.78. The largest absolute Gasteiger partial charge is 0.312 e. The summed E-state index contributed by atoms with van der Waals surface area (Å²) < 4.78 is 0. The first kappa shape index (κ1) is 11.8. The zero-order valence-electron chi connectivity index (χ0n) is 8.64. The number of thiophene rings is 1. The Hall–Kier alpha value is -0.310. The summed E-state index contributed by atoms with van der Waals surface area (Å²) in [4.78, 5) is 1.24. The summed E-state index contributed by atoms with van der Waals surface area (Å²) in [6.45, 7) is 5.78. The van der Waals surface area contributed by atoms with Gasteiger partial charge in [0.2, 0.25) is 0 Å². The highest BCUT2D eigenvalue weighted by atomic mass is 35.5. The van der Waals surface area contributed by atoms with E-state index in [9.17, 15) is 0 Å². The van der Waals surface area contributed by atoms with Crippen molar-refractivity contribution in [2.45, 2.75) is 25.8 Å². The Labute approximate surface area is 94.8 Å². The molecule has 0 saturated carbocycles. The van der Waals surface area contributed by atoms with Crippen molar-refractivity contribution in [3.05, 3.63) is 33.5 Å². The van der Waals surface area contributed by atoms with Gasteiger partial charge < -0.3 is 5.32 Å². The second kappa shape index (κ2) is 5.54. The van der Waals surface area contributed by atoms with E-state index in [2.05, 4.69) is 17.3 Å². The van der Waals surface area contributed by atoms with Crippen LogP contribution in [0.4, 0.5) is 0 Å². The summed E-state index contributed by atoms with van der Waals surface area (Å²) in [6, 6.07) is 0.360. The molecule has 0 spiro atoms. The number of rotatable bonds is 5. The van der Waals surface area contributed by atoms with Crippen LogP contribution in [0, 0.1) is 6.92 Å². The van der Waals surface area contributed by atoms with Crippen LogP contribution in [0.3, 0.4) is 0 Å². The lowest BCUT2D eigenvalue weighted by Crippen LogP contribution is -2.15. The molecule has 78 valence electrons. The maximum Gasteiger partial charge on any atom is 0.0590 e. The van der Waals surface area contributed by atoms with Crippen molar-refractivity contribution < 1.29 is 0 Å².